The van der Waals surface area contributed by atoms with Crippen LogP contribution in [0.2, 0.25) is 5.02 Å². The predicted molar refractivity (Wildman–Crippen MR) is 183 cm³/mol. The lowest BCUT2D eigenvalue weighted by Gasteiger charge is -2.50. The van der Waals surface area contributed by atoms with Gasteiger partial charge in [-0.05, 0) is 44.2 Å². The molecule has 5 aliphatic rings. The molecule has 1 spiro atoms. The van der Waals surface area contributed by atoms with Crippen molar-refractivity contribution < 1.29 is 13.7 Å². The molecule has 0 aromatic carbocycles. The molecule has 0 radical (unpaired) electrons. The standard InChI is InChI=1S/C33H34ClFN12O2S/c1-18-39-28(43-49-18)25-24(34)21-14-44(8-4-10-47(21)42-25)29-26(38-2)30(41-31(40-29)48-17-33-6-3-9-46(33)13-19(35)11-33)45-15-32(16-45)7-5-22-23(32)20(12-36)27(37)50-22/h19H,3-11,13-17,37H2,1H3/t19-,33+/m1/s1. The number of fused-ring (bicyclic) bond motifs is 4. The summed E-state index contributed by atoms with van der Waals surface area (Å²) in [6.45, 7) is 14.3. The van der Waals surface area contributed by atoms with E-state index in [1.807, 2.05) is 9.58 Å². The average molecular weight is 717 g/mol. The third kappa shape index (κ3) is 4.76. The molecule has 3 saturated heterocycles. The average Bonchev–Trinajstić information content (AvgIpc) is 3.90. The van der Waals surface area contributed by atoms with E-state index < -0.39 is 6.17 Å². The number of aromatic nitrogens is 6. The highest BCUT2D eigenvalue weighted by molar-refractivity contribution is 7.16. The summed E-state index contributed by atoms with van der Waals surface area (Å²) in [6.07, 6.45) is 3.88. The van der Waals surface area contributed by atoms with Crippen LogP contribution in [0.5, 0.6) is 6.01 Å². The van der Waals surface area contributed by atoms with Crippen LogP contribution in [-0.4, -0.2) is 85.8 Å². The highest BCUT2D eigenvalue weighted by Gasteiger charge is 2.53. The number of nitriles is 1. The Morgan fingerprint density at radius 2 is 2.00 bits per heavy atom. The molecule has 2 atom stereocenters. The lowest BCUT2D eigenvalue weighted by molar-refractivity contribution is 0.107. The van der Waals surface area contributed by atoms with Gasteiger partial charge in [0.15, 0.2) is 5.69 Å². The summed E-state index contributed by atoms with van der Waals surface area (Å²) in [5.41, 5.74) is 8.77. The molecule has 258 valence electrons. The van der Waals surface area contributed by atoms with E-state index in [1.54, 1.807) is 6.92 Å². The lowest BCUT2D eigenvalue weighted by atomic mass is 9.74. The number of alkyl halides is 1. The third-order valence-electron chi connectivity index (χ3n) is 11.1. The number of hydrogen-bond donors (Lipinski definition) is 1. The molecule has 17 heteroatoms. The Hall–Kier alpha value is -4.51. The molecule has 0 amide bonds. The molecule has 1 aliphatic carbocycles. The fourth-order valence-electron chi connectivity index (χ4n) is 8.84. The van der Waals surface area contributed by atoms with Gasteiger partial charge in [0.25, 0.3) is 5.69 Å². The zero-order valence-corrected chi connectivity index (χ0v) is 29.0. The van der Waals surface area contributed by atoms with E-state index in [2.05, 4.69) is 30.9 Å². The van der Waals surface area contributed by atoms with Crippen molar-refractivity contribution >= 4 is 45.3 Å². The fourth-order valence-corrected chi connectivity index (χ4v) is 10.3. The van der Waals surface area contributed by atoms with Crippen molar-refractivity contribution in [3.8, 4) is 23.6 Å². The molecule has 0 bridgehead atoms. The van der Waals surface area contributed by atoms with Crippen LogP contribution in [0.1, 0.15) is 59.7 Å². The first-order valence-electron chi connectivity index (χ1n) is 16.9. The normalized spacial score (nSPS) is 23.7. The number of nitrogens with two attached hydrogens (primary N) is 1. The van der Waals surface area contributed by atoms with Crippen molar-refractivity contribution in [1.82, 2.24) is 34.8 Å². The number of halogens is 2. The van der Waals surface area contributed by atoms with Gasteiger partial charge in [0.2, 0.25) is 11.7 Å². The second-order valence-corrected chi connectivity index (χ2v) is 15.6. The zero-order chi connectivity index (χ0) is 34.4. The van der Waals surface area contributed by atoms with Crippen LogP contribution in [0.15, 0.2) is 4.52 Å². The quantitative estimate of drug-likeness (QED) is 0.272. The van der Waals surface area contributed by atoms with Gasteiger partial charge < -0.3 is 24.8 Å². The number of rotatable bonds is 6. The highest BCUT2D eigenvalue weighted by atomic mass is 35.5. The molecule has 4 aromatic rings. The summed E-state index contributed by atoms with van der Waals surface area (Å²) in [5, 5.41) is 19.7. The van der Waals surface area contributed by atoms with Gasteiger partial charge in [-0.2, -0.15) is 25.3 Å². The van der Waals surface area contributed by atoms with Crippen molar-refractivity contribution in [3.05, 3.63) is 44.0 Å². The minimum Gasteiger partial charge on any atom is -0.461 e. The van der Waals surface area contributed by atoms with Gasteiger partial charge in [-0.1, -0.05) is 16.8 Å². The summed E-state index contributed by atoms with van der Waals surface area (Å²) in [4.78, 5) is 25.6. The van der Waals surface area contributed by atoms with Crippen molar-refractivity contribution in [2.24, 2.45) is 0 Å². The molecular formula is C33H34ClFN12O2S. The maximum absolute atomic E-state index is 14.6. The maximum Gasteiger partial charge on any atom is 0.317 e. The van der Waals surface area contributed by atoms with E-state index in [4.69, 9.17) is 48.2 Å². The van der Waals surface area contributed by atoms with E-state index in [0.29, 0.717) is 102 Å². The van der Waals surface area contributed by atoms with Crippen molar-refractivity contribution in [2.75, 3.05) is 54.9 Å². The summed E-state index contributed by atoms with van der Waals surface area (Å²) >= 11 is 8.43. The molecule has 3 fully saturated rings. The van der Waals surface area contributed by atoms with Crippen LogP contribution in [0.25, 0.3) is 16.4 Å². The monoisotopic (exact) mass is 716 g/mol. The van der Waals surface area contributed by atoms with Gasteiger partial charge in [-0.15, -0.1) is 11.3 Å². The SMILES string of the molecule is [C-]#[N+]c1c(N2CCCn3nc(-c4noc(C)n4)c(Cl)c3C2)nc(OC[C@@]23CCCN2C[C@H](F)C3)nc1N1CC2(CCc3sc(N)c(C#N)c32)C1. The predicted octanol–water partition coefficient (Wildman–Crippen LogP) is 4.82. The van der Waals surface area contributed by atoms with Crippen molar-refractivity contribution in [1.29, 1.82) is 5.26 Å². The van der Waals surface area contributed by atoms with E-state index in [0.717, 1.165) is 43.5 Å². The highest BCUT2D eigenvalue weighted by Crippen LogP contribution is 2.54. The Kier molecular flexibility index (Phi) is 7.25. The molecule has 0 unspecified atom stereocenters. The number of thiophene rings is 1. The van der Waals surface area contributed by atoms with Crippen LogP contribution >= 0.6 is 22.9 Å². The number of nitrogens with zero attached hydrogens (tertiary/aromatic N) is 11. The third-order valence-corrected chi connectivity index (χ3v) is 12.6. The fraction of sp³-hybridized carbons (Fsp3) is 0.545. The Balaban J connectivity index is 1.08. The van der Waals surface area contributed by atoms with Crippen LogP contribution in [0.3, 0.4) is 0 Å². The molecule has 4 aromatic heterocycles. The second-order valence-electron chi connectivity index (χ2n) is 14.1. The molecule has 9 rings (SSSR count). The van der Waals surface area contributed by atoms with Gasteiger partial charge in [-0.3, -0.25) is 9.58 Å². The van der Waals surface area contributed by atoms with E-state index in [1.165, 1.54) is 16.2 Å². The first-order chi connectivity index (χ1) is 24.2. The van der Waals surface area contributed by atoms with Crippen molar-refractivity contribution in [2.45, 2.75) is 75.7 Å². The van der Waals surface area contributed by atoms with Gasteiger partial charge >= 0.3 is 6.01 Å². The Morgan fingerprint density at radius 1 is 1.18 bits per heavy atom. The lowest BCUT2D eigenvalue weighted by Crippen LogP contribution is -2.59. The number of anilines is 3. The molecule has 2 N–H and O–H groups in total. The molecule has 50 heavy (non-hydrogen) atoms. The minimum absolute atomic E-state index is 0.156. The molecule has 0 saturated carbocycles. The Bertz CT molecular complexity index is 2110. The van der Waals surface area contributed by atoms with Crippen LogP contribution in [0.4, 0.5) is 26.7 Å². The van der Waals surface area contributed by atoms with Crippen LogP contribution in [-0.2, 0) is 24.9 Å². The van der Waals surface area contributed by atoms with Gasteiger partial charge in [-0.25, -0.2) is 9.24 Å². The topological polar surface area (TPSA) is 156 Å². The molecule has 8 heterocycles. The van der Waals surface area contributed by atoms with E-state index in [9.17, 15) is 9.65 Å². The summed E-state index contributed by atoms with van der Waals surface area (Å²) in [7, 11) is 0. The molecular weight excluding hydrogens is 683 g/mol. The van der Waals surface area contributed by atoms with Gasteiger partial charge in [0.05, 0.1) is 34.9 Å². The second kappa shape index (κ2) is 11.5. The Labute approximate surface area is 296 Å². The first kappa shape index (κ1) is 31.5. The van der Waals surface area contributed by atoms with Gasteiger partial charge in [0, 0.05) is 56.4 Å². The number of hydrogen-bond acceptors (Lipinski definition) is 13. The molecule has 14 nitrogen and oxygen atoms in total. The summed E-state index contributed by atoms with van der Waals surface area (Å²) < 4.78 is 28.1. The van der Waals surface area contributed by atoms with E-state index >= 15 is 0 Å². The molecule has 4 aliphatic heterocycles. The van der Waals surface area contributed by atoms with E-state index in [-0.39, 0.29) is 23.6 Å². The van der Waals surface area contributed by atoms with Crippen LogP contribution < -0.4 is 20.3 Å². The zero-order valence-electron chi connectivity index (χ0n) is 27.5. The number of ether oxygens (including phenoxy) is 1. The summed E-state index contributed by atoms with van der Waals surface area (Å²) in [5.74, 6) is 1.67. The minimum atomic E-state index is -0.888. The maximum atomic E-state index is 14.6. The van der Waals surface area contributed by atoms with Crippen LogP contribution in [0, 0.1) is 24.8 Å². The first-order valence-corrected chi connectivity index (χ1v) is 18.1. The van der Waals surface area contributed by atoms with Gasteiger partial charge in [0.1, 0.15) is 35.5 Å². The number of nitrogen functional groups attached to an aromatic ring is 1. The number of aryl methyl sites for hydroxylation is 3. The Morgan fingerprint density at radius 3 is 2.76 bits per heavy atom. The van der Waals surface area contributed by atoms with Crippen molar-refractivity contribution in [3.63, 3.8) is 0 Å². The smallest absolute Gasteiger partial charge is 0.317 e. The largest absolute Gasteiger partial charge is 0.461 e. The summed E-state index contributed by atoms with van der Waals surface area (Å²) in [6, 6.07) is 2.49.